The highest BCUT2D eigenvalue weighted by Gasteiger charge is 2.02. The molecule has 1 amide bonds. The van der Waals surface area contributed by atoms with Gasteiger partial charge in [0.2, 0.25) is 0 Å². The highest BCUT2D eigenvalue weighted by Crippen LogP contribution is 2.10. The molecular weight excluding hydrogens is 264 g/mol. The standard InChI is InChI=1S/C13H13ClN4O/c14-10-3-1-9(2-4-10)7-8-16-12-6-5-11(13(15)19)17-18-12/h1-6H,7-8H2,(H2,15,19)(H,16,18). The number of amides is 1. The van der Waals surface area contributed by atoms with Gasteiger partial charge in [-0.3, -0.25) is 4.79 Å². The molecule has 1 aromatic carbocycles. The van der Waals surface area contributed by atoms with Crippen LogP contribution in [0.4, 0.5) is 5.82 Å². The van der Waals surface area contributed by atoms with Crippen molar-refractivity contribution < 1.29 is 4.79 Å². The maximum Gasteiger partial charge on any atom is 0.269 e. The average Bonchev–Trinajstić information content (AvgIpc) is 2.41. The van der Waals surface area contributed by atoms with Crippen LogP contribution in [0.15, 0.2) is 36.4 Å². The van der Waals surface area contributed by atoms with Gasteiger partial charge in [-0.2, -0.15) is 0 Å². The summed E-state index contributed by atoms with van der Waals surface area (Å²) in [5.41, 5.74) is 6.41. The zero-order chi connectivity index (χ0) is 13.7. The molecule has 0 radical (unpaired) electrons. The Kier molecular flexibility index (Phi) is 4.30. The van der Waals surface area contributed by atoms with Crippen molar-refractivity contribution in [2.45, 2.75) is 6.42 Å². The van der Waals surface area contributed by atoms with Crippen molar-refractivity contribution in [2.24, 2.45) is 5.73 Å². The van der Waals surface area contributed by atoms with Crippen LogP contribution < -0.4 is 11.1 Å². The zero-order valence-electron chi connectivity index (χ0n) is 10.1. The fourth-order valence-electron chi connectivity index (χ4n) is 1.54. The first-order valence-corrected chi connectivity index (χ1v) is 6.15. The van der Waals surface area contributed by atoms with Gasteiger partial charge in [0, 0.05) is 11.6 Å². The number of anilines is 1. The van der Waals surface area contributed by atoms with Gasteiger partial charge >= 0.3 is 0 Å². The predicted octanol–water partition coefficient (Wildman–Crippen LogP) is 1.88. The molecule has 0 atom stereocenters. The number of nitrogens with one attached hydrogen (secondary N) is 1. The second-order valence-corrected chi connectivity index (χ2v) is 4.41. The number of nitrogens with zero attached hydrogens (tertiary/aromatic N) is 2. The van der Waals surface area contributed by atoms with Crippen molar-refractivity contribution in [3.05, 3.63) is 52.7 Å². The van der Waals surface area contributed by atoms with E-state index in [0.29, 0.717) is 12.4 Å². The van der Waals surface area contributed by atoms with E-state index in [1.54, 1.807) is 12.1 Å². The number of nitrogens with two attached hydrogens (primary N) is 1. The van der Waals surface area contributed by atoms with Crippen LogP contribution in [0.1, 0.15) is 16.1 Å². The normalized spacial score (nSPS) is 10.2. The summed E-state index contributed by atoms with van der Waals surface area (Å²) in [6.45, 7) is 0.715. The molecule has 5 nitrogen and oxygen atoms in total. The smallest absolute Gasteiger partial charge is 0.269 e. The molecule has 0 bridgehead atoms. The van der Waals surface area contributed by atoms with Crippen LogP contribution in [0.25, 0.3) is 0 Å². The maximum absolute atomic E-state index is 10.8. The van der Waals surface area contributed by atoms with Crippen molar-refractivity contribution in [1.82, 2.24) is 10.2 Å². The highest BCUT2D eigenvalue weighted by molar-refractivity contribution is 6.30. The number of rotatable bonds is 5. The fraction of sp³-hybridized carbons (Fsp3) is 0.154. The first kappa shape index (κ1) is 13.3. The summed E-state index contributed by atoms with van der Waals surface area (Å²) in [6, 6.07) is 10.9. The minimum Gasteiger partial charge on any atom is -0.368 e. The molecule has 0 aliphatic rings. The SMILES string of the molecule is NC(=O)c1ccc(NCCc2ccc(Cl)cc2)nn1. The summed E-state index contributed by atoms with van der Waals surface area (Å²) in [5.74, 6) is 0.0270. The Hall–Kier alpha value is -2.14. The fourth-order valence-corrected chi connectivity index (χ4v) is 1.67. The second-order valence-electron chi connectivity index (χ2n) is 3.97. The number of carbonyl (C=O) groups excluding carboxylic acids is 1. The van der Waals surface area contributed by atoms with Crippen LogP contribution in [-0.2, 0) is 6.42 Å². The van der Waals surface area contributed by atoms with Gasteiger partial charge in [0.05, 0.1) is 0 Å². The largest absolute Gasteiger partial charge is 0.368 e. The van der Waals surface area contributed by atoms with Crippen LogP contribution in [0.3, 0.4) is 0 Å². The molecule has 2 aromatic rings. The van der Waals surface area contributed by atoms with Crippen molar-refractivity contribution in [3.63, 3.8) is 0 Å². The first-order valence-electron chi connectivity index (χ1n) is 5.77. The van der Waals surface area contributed by atoms with Gasteiger partial charge < -0.3 is 11.1 Å². The third-order valence-corrected chi connectivity index (χ3v) is 2.80. The maximum atomic E-state index is 10.8. The lowest BCUT2D eigenvalue weighted by atomic mass is 10.1. The highest BCUT2D eigenvalue weighted by atomic mass is 35.5. The van der Waals surface area contributed by atoms with Crippen molar-refractivity contribution in [2.75, 3.05) is 11.9 Å². The van der Waals surface area contributed by atoms with E-state index in [0.717, 1.165) is 11.4 Å². The first-order chi connectivity index (χ1) is 9.15. The van der Waals surface area contributed by atoms with Gasteiger partial charge in [-0.25, -0.2) is 0 Å². The van der Waals surface area contributed by atoms with E-state index in [1.165, 1.54) is 5.56 Å². The molecule has 19 heavy (non-hydrogen) atoms. The van der Waals surface area contributed by atoms with E-state index in [9.17, 15) is 4.79 Å². The third kappa shape index (κ3) is 3.93. The van der Waals surface area contributed by atoms with Gasteiger partial charge in [-0.15, -0.1) is 10.2 Å². The summed E-state index contributed by atoms with van der Waals surface area (Å²) in [7, 11) is 0. The van der Waals surface area contributed by atoms with E-state index in [4.69, 9.17) is 17.3 Å². The molecule has 1 aromatic heterocycles. The molecular formula is C13H13ClN4O. The Morgan fingerprint density at radius 3 is 2.47 bits per heavy atom. The van der Waals surface area contributed by atoms with Crippen LogP contribution in [-0.4, -0.2) is 22.6 Å². The Bertz CT molecular complexity index is 554. The van der Waals surface area contributed by atoms with Gasteiger partial charge in [-0.1, -0.05) is 23.7 Å². The summed E-state index contributed by atoms with van der Waals surface area (Å²) >= 11 is 5.81. The quantitative estimate of drug-likeness (QED) is 0.874. The van der Waals surface area contributed by atoms with E-state index in [1.807, 2.05) is 24.3 Å². The van der Waals surface area contributed by atoms with Crippen LogP contribution in [0, 0.1) is 0 Å². The molecule has 0 unspecified atom stereocenters. The number of hydrogen-bond acceptors (Lipinski definition) is 4. The predicted molar refractivity (Wildman–Crippen MR) is 74.2 cm³/mol. The van der Waals surface area contributed by atoms with Crippen LogP contribution >= 0.6 is 11.6 Å². The number of primary amides is 1. The Labute approximate surface area is 115 Å². The van der Waals surface area contributed by atoms with Gasteiger partial charge in [-0.05, 0) is 36.2 Å². The topological polar surface area (TPSA) is 80.9 Å². The summed E-state index contributed by atoms with van der Waals surface area (Å²) in [6.07, 6.45) is 0.844. The molecule has 98 valence electrons. The van der Waals surface area contributed by atoms with Crippen LogP contribution in [0.2, 0.25) is 5.02 Å². The van der Waals surface area contributed by atoms with E-state index >= 15 is 0 Å². The molecule has 0 fully saturated rings. The number of benzene rings is 1. The van der Waals surface area contributed by atoms with Crippen LogP contribution in [0.5, 0.6) is 0 Å². The minimum atomic E-state index is -0.583. The van der Waals surface area contributed by atoms with E-state index in [2.05, 4.69) is 15.5 Å². The molecule has 0 saturated carbocycles. The molecule has 0 saturated heterocycles. The molecule has 6 heteroatoms. The monoisotopic (exact) mass is 276 g/mol. The molecule has 2 rings (SSSR count). The Morgan fingerprint density at radius 2 is 1.89 bits per heavy atom. The molecule has 0 aliphatic heterocycles. The summed E-state index contributed by atoms with van der Waals surface area (Å²) < 4.78 is 0. The Balaban J connectivity index is 1.85. The summed E-state index contributed by atoms with van der Waals surface area (Å²) in [5, 5.41) is 11.4. The van der Waals surface area contributed by atoms with E-state index < -0.39 is 5.91 Å². The number of hydrogen-bond donors (Lipinski definition) is 2. The summed E-state index contributed by atoms with van der Waals surface area (Å²) in [4.78, 5) is 10.8. The molecule has 0 spiro atoms. The van der Waals surface area contributed by atoms with Crippen molar-refractivity contribution in [1.29, 1.82) is 0 Å². The number of carbonyl (C=O) groups is 1. The lowest BCUT2D eigenvalue weighted by Gasteiger charge is -2.05. The lowest BCUT2D eigenvalue weighted by molar-refractivity contribution is 0.0994. The van der Waals surface area contributed by atoms with E-state index in [-0.39, 0.29) is 5.69 Å². The minimum absolute atomic E-state index is 0.156. The van der Waals surface area contributed by atoms with Gasteiger partial charge in [0.15, 0.2) is 5.69 Å². The third-order valence-electron chi connectivity index (χ3n) is 2.55. The number of aromatic nitrogens is 2. The van der Waals surface area contributed by atoms with Crippen molar-refractivity contribution >= 4 is 23.3 Å². The number of halogens is 1. The van der Waals surface area contributed by atoms with Gasteiger partial charge in [0.25, 0.3) is 5.91 Å². The average molecular weight is 277 g/mol. The molecule has 0 aliphatic carbocycles. The zero-order valence-corrected chi connectivity index (χ0v) is 10.9. The molecule has 3 N–H and O–H groups in total. The second kappa shape index (κ2) is 6.15. The Morgan fingerprint density at radius 1 is 1.16 bits per heavy atom. The molecule has 1 heterocycles. The van der Waals surface area contributed by atoms with Crippen molar-refractivity contribution in [3.8, 4) is 0 Å². The van der Waals surface area contributed by atoms with Gasteiger partial charge in [0.1, 0.15) is 5.82 Å². The lowest BCUT2D eigenvalue weighted by Crippen LogP contribution is -2.14.